The summed E-state index contributed by atoms with van der Waals surface area (Å²) in [5.74, 6) is -0.0677. The van der Waals surface area contributed by atoms with Crippen LogP contribution in [0.15, 0.2) is 47.5 Å². The fourth-order valence-corrected chi connectivity index (χ4v) is 13.2. The average Bonchev–Trinajstić information content (AvgIpc) is 0.792. The molecule has 8 rings (SSSR count). The van der Waals surface area contributed by atoms with Crippen LogP contribution in [-0.4, -0.2) is 363 Å². The van der Waals surface area contributed by atoms with Crippen molar-refractivity contribution in [3.63, 3.8) is 0 Å². The van der Waals surface area contributed by atoms with Gasteiger partial charge in [-0.3, -0.25) is 19.9 Å². The van der Waals surface area contributed by atoms with Crippen molar-refractivity contribution in [2.45, 2.75) is 215 Å². The Balaban J connectivity index is 1.01. The van der Waals surface area contributed by atoms with Crippen LogP contribution in [0.3, 0.4) is 0 Å². The normalized spacial score (nSPS) is 43.8. The summed E-state index contributed by atoms with van der Waals surface area (Å²) < 4.78 is 77.2. The number of amides is 1. The largest absolute Gasteiger partial charge is 0.394 e. The molecule has 19 N–H and O–H groups in total. The first-order chi connectivity index (χ1) is 44.5. The SMILES string of the molecule is O=C(CCCO[C@H]1OC(CO[C@H]2OC(CO[C@H]3OC(CO)[C@@H](O)[C@H](O)C3O[C@H]3OC(CO)[C@@H](O)[C@H](O)C3O)[C@@H](O)[C@H](O)C2O)[C@@H](O)[C@H](O[C@H]2OC(CO)[C@@H](O)[C@H](O)C2O[C@H]2OC(CO)[C@@H](O)[C@H](O)C2O)C1OCc1ccccc1)NCCSSC1N=CC=CC1[N+](=O)[O-]. The van der Waals surface area contributed by atoms with Gasteiger partial charge in [-0.15, -0.1) is 0 Å². The van der Waals surface area contributed by atoms with E-state index in [0.717, 1.165) is 0 Å². The zero-order chi connectivity index (χ0) is 67.4. The van der Waals surface area contributed by atoms with Gasteiger partial charge < -0.3 is 159 Å². The van der Waals surface area contributed by atoms with Crippen molar-refractivity contribution >= 4 is 33.7 Å². The van der Waals surface area contributed by atoms with Crippen LogP contribution in [0.2, 0.25) is 0 Å². The number of hydrogen-bond donors (Lipinski definition) is 19. The highest BCUT2D eigenvalue weighted by atomic mass is 33.1. The lowest BCUT2D eigenvalue weighted by Crippen LogP contribution is -2.67. The molecule has 0 aromatic heterocycles. The topological polar surface area (TPSA) is 569 Å². The minimum atomic E-state index is -2.11. The van der Waals surface area contributed by atoms with Crippen LogP contribution in [0.1, 0.15) is 18.4 Å². The summed E-state index contributed by atoms with van der Waals surface area (Å²) in [4.78, 5) is 28.2. The van der Waals surface area contributed by atoms with Crippen molar-refractivity contribution in [1.29, 1.82) is 0 Å². The van der Waals surface area contributed by atoms with Gasteiger partial charge in [0.05, 0.1) is 52.9 Å². The number of allylic oxidation sites excluding steroid dienone is 1. The van der Waals surface area contributed by atoms with Crippen LogP contribution in [0.5, 0.6) is 0 Å². The zero-order valence-electron chi connectivity index (χ0n) is 49.4. The number of carbonyl (C=O) groups is 1. The Kier molecular flexibility index (Phi) is 29.0. The van der Waals surface area contributed by atoms with E-state index in [1.54, 1.807) is 30.3 Å². The van der Waals surface area contributed by atoms with E-state index in [2.05, 4.69) is 10.3 Å². The molecule has 530 valence electrons. The van der Waals surface area contributed by atoms with Gasteiger partial charge in [0, 0.05) is 29.9 Å². The molecule has 1 amide bonds. The summed E-state index contributed by atoms with van der Waals surface area (Å²) in [7, 11) is 2.44. The Hall–Kier alpha value is -3.04. The lowest BCUT2D eigenvalue weighted by atomic mass is 9.96. The van der Waals surface area contributed by atoms with Gasteiger partial charge in [0.15, 0.2) is 43.1 Å². The third-order valence-corrected chi connectivity index (χ3v) is 18.9. The van der Waals surface area contributed by atoms with E-state index in [0.29, 0.717) is 11.3 Å². The second kappa shape index (κ2) is 35.6. The van der Waals surface area contributed by atoms with Gasteiger partial charge in [0.25, 0.3) is 6.04 Å². The fraction of sp³-hybridized carbons (Fsp3) is 0.815. The van der Waals surface area contributed by atoms with Crippen LogP contribution >= 0.6 is 21.6 Å². The Morgan fingerprint density at radius 3 is 1.53 bits per heavy atom. The van der Waals surface area contributed by atoms with Gasteiger partial charge in [-0.2, -0.15) is 0 Å². The van der Waals surface area contributed by atoms with Crippen LogP contribution in [0.25, 0.3) is 0 Å². The lowest BCUT2D eigenvalue weighted by molar-refractivity contribution is -0.508. The van der Waals surface area contributed by atoms with Gasteiger partial charge >= 0.3 is 0 Å². The van der Waals surface area contributed by atoms with Gasteiger partial charge in [-0.05, 0) is 24.1 Å². The molecule has 0 spiro atoms. The predicted molar refractivity (Wildman–Crippen MR) is 306 cm³/mol. The summed E-state index contributed by atoms with van der Waals surface area (Å²) in [6.45, 7) is -5.75. The molecule has 7 aliphatic heterocycles. The first-order valence-corrected chi connectivity index (χ1v) is 32.1. The molecule has 0 bridgehead atoms. The highest BCUT2D eigenvalue weighted by Gasteiger charge is 2.57. The van der Waals surface area contributed by atoms with E-state index in [-0.39, 0.29) is 32.6 Å². The van der Waals surface area contributed by atoms with E-state index in [9.17, 15) is 107 Å². The predicted octanol–water partition coefficient (Wildman–Crippen LogP) is -9.96. The van der Waals surface area contributed by atoms with Gasteiger partial charge in [0.1, 0.15) is 146 Å². The van der Waals surface area contributed by atoms with E-state index >= 15 is 0 Å². The first kappa shape index (κ1) is 75.7. The van der Waals surface area contributed by atoms with Gasteiger partial charge in [0.2, 0.25) is 5.91 Å². The summed E-state index contributed by atoms with van der Waals surface area (Å²) >= 11 is 0. The number of aliphatic imine (C=N–C) groups is 1. The molecule has 0 radical (unpaired) electrons. The molecule has 6 saturated heterocycles. The number of hydrogen-bond acceptors (Lipinski definition) is 37. The number of aliphatic hydroxyl groups excluding tert-OH is 18. The Morgan fingerprint density at radius 2 is 0.968 bits per heavy atom. The first-order valence-electron chi connectivity index (χ1n) is 29.8. The monoisotopic (exact) mass is 1380 g/mol. The summed E-state index contributed by atoms with van der Waals surface area (Å²) in [5, 5.41) is 208. The molecule has 0 saturated carbocycles. The molecule has 7 heterocycles. The minimum absolute atomic E-state index is 0.00335. The summed E-state index contributed by atoms with van der Waals surface area (Å²) in [6, 6.07) is 7.44. The second-order valence-corrected chi connectivity index (χ2v) is 25.3. The molecule has 1 aromatic rings. The summed E-state index contributed by atoms with van der Waals surface area (Å²) in [6.07, 6.45) is -52.2. The Labute approximate surface area is 537 Å². The number of benzene rings is 1. The molecule has 32 atom stereocenters. The number of rotatable bonds is 30. The van der Waals surface area contributed by atoms with E-state index in [1.165, 1.54) is 40.0 Å². The number of aliphatic hydroxyl groups is 18. The third-order valence-electron chi connectivity index (χ3n) is 16.3. The Morgan fingerprint density at radius 1 is 0.516 bits per heavy atom. The van der Waals surface area contributed by atoms with Gasteiger partial charge in [-0.1, -0.05) is 51.9 Å². The minimum Gasteiger partial charge on any atom is -0.394 e. The van der Waals surface area contributed by atoms with Crippen LogP contribution in [0.4, 0.5) is 0 Å². The van der Waals surface area contributed by atoms with Gasteiger partial charge in [-0.25, -0.2) is 0 Å². The van der Waals surface area contributed by atoms with Crippen molar-refractivity contribution < 1.29 is 163 Å². The van der Waals surface area contributed by atoms with Crippen LogP contribution < -0.4 is 5.32 Å². The third kappa shape index (κ3) is 18.6. The number of carbonyl (C=O) groups excluding carboxylic acids is 1. The maximum Gasteiger partial charge on any atom is 0.263 e. The number of dihydropyridines is 1. The number of nitro groups is 1. The quantitative estimate of drug-likeness (QED) is 0.0147. The molecule has 37 nitrogen and oxygen atoms in total. The van der Waals surface area contributed by atoms with E-state index in [4.69, 9.17) is 61.6 Å². The number of nitrogens with one attached hydrogen (secondary N) is 1. The molecule has 1 aromatic carbocycles. The van der Waals surface area contributed by atoms with Crippen molar-refractivity contribution in [3.05, 3.63) is 58.2 Å². The second-order valence-electron chi connectivity index (χ2n) is 22.7. The fourth-order valence-electron chi connectivity index (χ4n) is 10.9. The van der Waals surface area contributed by atoms with Crippen molar-refractivity contribution in [2.24, 2.45) is 4.99 Å². The molecular formula is C54H83N3O34S2. The zero-order valence-corrected chi connectivity index (χ0v) is 51.0. The smallest absolute Gasteiger partial charge is 0.263 e. The van der Waals surface area contributed by atoms with E-state index in [1.807, 2.05) is 0 Å². The van der Waals surface area contributed by atoms with Crippen molar-refractivity contribution in [2.75, 3.05) is 58.5 Å². The molecule has 93 heavy (non-hydrogen) atoms. The van der Waals surface area contributed by atoms with Crippen LogP contribution in [-0.2, 0) is 73.0 Å². The number of ether oxygens (including phenoxy) is 13. The number of nitrogens with zero attached hydrogens (tertiary/aromatic N) is 2. The molecular weight excluding hydrogens is 1300 g/mol. The highest BCUT2D eigenvalue weighted by molar-refractivity contribution is 8.77. The summed E-state index contributed by atoms with van der Waals surface area (Å²) in [5.41, 5.74) is 0.553. The molecule has 0 aliphatic carbocycles. The molecule has 6 fully saturated rings. The Bertz CT molecular complexity index is 2500. The highest BCUT2D eigenvalue weighted by Crippen LogP contribution is 2.37. The van der Waals surface area contributed by atoms with Crippen LogP contribution in [0, 0.1) is 10.1 Å². The standard InChI is InChI=1S/C54H83N3O34S2/c58-14-23-30(63)36(69)42(75)50(83-23)90-45-39(72)32(65)25(16-60)85-52(45)82-19-27-34(67)38(71)41(74)49(87-27)81-20-28-35(68)44(89-54-46(40(73)33(66)26(17-61)86-54)91-51-43(76)37(70)31(64)24(15-59)84-51)47(80-18-21-6-2-1-3-7-21)53(88-28)79-12-5-9-29(62)55-11-13-92-93-48-22(57(77)78)8-4-10-56-48/h1-4,6-8,10,22-28,30-54,58-61,63-76H,5,9,11-20H2,(H,55,62)/t22?,23?,24?,25?,26?,27?,28?,30-,31-,32-,33-,34-,35-,36+,37+,38+,39+,40+,41?,42?,43?,44+,45?,46?,47?,48?,49+,50-,51-,52+,53+,54-/m1/s1. The van der Waals surface area contributed by atoms with Crippen molar-refractivity contribution in [1.82, 2.24) is 5.32 Å². The average molecular weight is 1380 g/mol. The lowest BCUT2D eigenvalue weighted by Gasteiger charge is -2.49. The molecule has 14 unspecified atom stereocenters. The molecule has 39 heteroatoms. The maximum absolute atomic E-state index is 13.1. The van der Waals surface area contributed by atoms with Crippen molar-refractivity contribution in [3.8, 4) is 0 Å². The molecule has 7 aliphatic rings. The van der Waals surface area contributed by atoms with E-state index < -0.39 is 246 Å². The maximum atomic E-state index is 13.1.